The fourth-order valence-electron chi connectivity index (χ4n) is 4.02. The van der Waals surface area contributed by atoms with Gasteiger partial charge in [-0.15, -0.1) is 0 Å². The molecule has 0 aromatic heterocycles. The number of carbonyl (C=O) groups excluding carboxylic acids is 3. The lowest BCUT2D eigenvalue weighted by molar-refractivity contribution is -0.154. The number of ketones is 1. The third kappa shape index (κ3) is 0.740. The number of rotatable bonds is 0. The second-order valence-corrected chi connectivity index (χ2v) is 5.19. The molecular formula is C12H10O4. The van der Waals surface area contributed by atoms with E-state index in [1.54, 1.807) is 0 Å². The van der Waals surface area contributed by atoms with Gasteiger partial charge in [0.05, 0.1) is 11.8 Å². The molecule has 0 amide bonds. The van der Waals surface area contributed by atoms with Crippen molar-refractivity contribution in [2.45, 2.75) is 6.42 Å². The molecule has 5 rings (SSSR count). The predicted molar refractivity (Wildman–Crippen MR) is 50.8 cm³/mol. The fourth-order valence-corrected chi connectivity index (χ4v) is 4.02. The van der Waals surface area contributed by atoms with Gasteiger partial charge < -0.3 is 4.74 Å². The molecule has 0 N–H and O–H groups in total. The van der Waals surface area contributed by atoms with Crippen molar-refractivity contribution in [3.63, 3.8) is 0 Å². The lowest BCUT2D eigenvalue weighted by Crippen LogP contribution is -2.58. The van der Waals surface area contributed by atoms with Gasteiger partial charge in [-0.25, -0.2) is 0 Å². The van der Waals surface area contributed by atoms with Crippen molar-refractivity contribution in [3.05, 3.63) is 12.2 Å². The summed E-state index contributed by atoms with van der Waals surface area (Å²) in [6.07, 6.45) is 4.53. The first kappa shape index (κ1) is 8.67. The minimum absolute atomic E-state index is 0.0188. The second kappa shape index (κ2) is 2.44. The zero-order valence-corrected chi connectivity index (χ0v) is 8.46. The van der Waals surface area contributed by atoms with Crippen LogP contribution in [0.3, 0.4) is 0 Å². The smallest absolute Gasteiger partial charge is 0.318 e. The van der Waals surface area contributed by atoms with Gasteiger partial charge in [-0.2, -0.15) is 0 Å². The Kier molecular flexibility index (Phi) is 1.32. The largest absolute Gasteiger partial charge is 0.393 e. The molecule has 6 atom stereocenters. The van der Waals surface area contributed by atoms with Crippen molar-refractivity contribution in [2.24, 2.45) is 35.5 Å². The van der Waals surface area contributed by atoms with Crippen LogP contribution in [0.5, 0.6) is 0 Å². The topological polar surface area (TPSA) is 60.4 Å². The number of allylic oxidation sites excluding steroid dienone is 2. The Balaban J connectivity index is 1.84. The summed E-state index contributed by atoms with van der Waals surface area (Å²) in [6, 6.07) is 0. The van der Waals surface area contributed by atoms with Gasteiger partial charge in [0.2, 0.25) is 0 Å². The van der Waals surface area contributed by atoms with E-state index in [1.807, 2.05) is 12.2 Å². The molecule has 1 heterocycles. The van der Waals surface area contributed by atoms with Gasteiger partial charge in [-0.3, -0.25) is 14.4 Å². The summed E-state index contributed by atoms with van der Waals surface area (Å²) in [5, 5.41) is 0. The Hall–Kier alpha value is -1.45. The second-order valence-electron chi connectivity index (χ2n) is 5.19. The van der Waals surface area contributed by atoms with Crippen LogP contribution in [0.1, 0.15) is 6.42 Å². The molecule has 0 aromatic carbocycles. The first-order valence-electron chi connectivity index (χ1n) is 5.65. The zero-order chi connectivity index (χ0) is 11.0. The van der Waals surface area contributed by atoms with Crippen LogP contribution < -0.4 is 0 Å². The molecule has 0 spiro atoms. The Morgan fingerprint density at radius 1 is 0.938 bits per heavy atom. The van der Waals surface area contributed by atoms with Gasteiger partial charge in [0.15, 0.2) is 0 Å². The van der Waals surface area contributed by atoms with E-state index < -0.39 is 5.97 Å². The number of Topliss-reactive ketones (excluding diaryl/α,β-unsaturated/α-hetero) is 1. The molecule has 4 nitrogen and oxygen atoms in total. The molecule has 0 unspecified atom stereocenters. The van der Waals surface area contributed by atoms with Crippen LogP contribution in [0.15, 0.2) is 12.2 Å². The molecule has 1 aliphatic heterocycles. The standard InChI is InChI=1S/C12H10O4/c13-7-3-6-4-1-2-5(8(6)7)10-9(4)11(14)16-12(10)15/h1-2,4-6,8-10H,3H2/t4-,5+,6+,8+,9-,10-/m1/s1. The highest BCUT2D eigenvalue weighted by Crippen LogP contribution is 2.59. The fraction of sp³-hybridized carbons (Fsp3) is 0.583. The third-order valence-corrected chi connectivity index (χ3v) is 4.70. The van der Waals surface area contributed by atoms with Crippen molar-refractivity contribution in [3.8, 4) is 0 Å². The molecule has 82 valence electrons. The molecule has 4 aliphatic carbocycles. The van der Waals surface area contributed by atoms with Crippen molar-refractivity contribution in [1.29, 1.82) is 0 Å². The molecule has 2 saturated carbocycles. The van der Waals surface area contributed by atoms with Gasteiger partial charge >= 0.3 is 11.9 Å². The maximum Gasteiger partial charge on any atom is 0.318 e. The predicted octanol–water partition coefficient (Wildman–Crippen LogP) is 0.323. The quantitative estimate of drug-likeness (QED) is 0.334. The van der Waals surface area contributed by atoms with Crippen LogP contribution in [-0.2, 0) is 19.1 Å². The van der Waals surface area contributed by atoms with Crippen LogP contribution in [0.25, 0.3) is 0 Å². The van der Waals surface area contributed by atoms with Crippen LogP contribution in [0.4, 0.5) is 0 Å². The monoisotopic (exact) mass is 218 g/mol. The molecule has 0 radical (unpaired) electrons. The van der Waals surface area contributed by atoms with E-state index in [4.69, 9.17) is 4.74 Å². The van der Waals surface area contributed by atoms with Crippen molar-refractivity contribution in [1.82, 2.24) is 0 Å². The zero-order valence-electron chi connectivity index (χ0n) is 8.46. The summed E-state index contributed by atoms with van der Waals surface area (Å²) >= 11 is 0. The Morgan fingerprint density at radius 3 is 2.25 bits per heavy atom. The van der Waals surface area contributed by atoms with Crippen LogP contribution in [0, 0.1) is 35.5 Å². The third-order valence-electron chi connectivity index (χ3n) is 4.70. The Labute approximate surface area is 91.6 Å². The first-order chi connectivity index (χ1) is 7.68. The average molecular weight is 218 g/mol. The summed E-state index contributed by atoms with van der Waals surface area (Å²) < 4.78 is 4.72. The summed E-state index contributed by atoms with van der Waals surface area (Å²) in [6.45, 7) is 0. The number of ether oxygens (including phenoxy) is 1. The highest BCUT2D eigenvalue weighted by molar-refractivity contribution is 6.00. The SMILES string of the molecule is O=C1OC(=O)[C@@H]2[C@H]3C=C[C@H]([C@@H]4CC(=O)[C@@H]34)[C@@H]12. The minimum atomic E-state index is -0.424. The van der Waals surface area contributed by atoms with E-state index in [9.17, 15) is 14.4 Å². The highest BCUT2D eigenvalue weighted by Gasteiger charge is 2.65. The van der Waals surface area contributed by atoms with E-state index >= 15 is 0 Å². The average Bonchev–Trinajstić information content (AvgIpc) is 2.54. The van der Waals surface area contributed by atoms with Crippen LogP contribution in [0.2, 0.25) is 0 Å². The molecule has 5 aliphatic rings. The molecule has 16 heavy (non-hydrogen) atoms. The molecule has 1 saturated heterocycles. The summed E-state index contributed by atoms with van der Waals surface area (Å²) in [7, 11) is 0. The van der Waals surface area contributed by atoms with Crippen LogP contribution in [-0.4, -0.2) is 17.7 Å². The Bertz CT molecular complexity index is 464. The number of hydrogen-bond acceptors (Lipinski definition) is 4. The lowest BCUT2D eigenvalue weighted by atomic mass is 9.46. The van der Waals surface area contributed by atoms with E-state index in [0.29, 0.717) is 6.42 Å². The summed E-state index contributed by atoms with van der Waals surface area (Å²) in [5.74, 6) is -1.02. The van der Waals surface area contributed by atoms with E-state index in [0.717, 1.165) is 0 Å². The Morgan fingerprint density at radius 2 is 1.56 bits per heavy atom. The summed E-state index contributed by atoms with van der Waals surface area (Å²) in [5.41, 5.74) is 0. The van der Waals surface area contributed by atoms with Gasteiger partial charge in [-0.05, 0) is 11.8 Å². The maximum absolute atomic E-state index is 11.6. The number of cyclic esters (lactones) is 2. The first-order valence-corrected chi connectivity index (χ1v) is 5.65. The molecule has 2 bridgehead atoms. The van der Waals surface area contributed by atoms with Gasteiger partial charge in [0, 0.05) is 18.3 Å². The maximum atomic E-state index is 11.6. The molecular weight excluding hydrogens is 208 g/mol. The van der Waals surface area contributed by atoms with E-state index in [2.05, 4.69) is 0 Å². The van der Waals surface area contributed by atoms with E-state index in [1.165, 1.54) is 0 Å². The van der Waals surface area contributed by atoms with Gasteiger partial charge in [0.25, 0.3) is 0 Å². The van der Waals surface area contributed by atoms with Crippen LogP contribution >= 0.6 is 0 Å². The number of esters is 2. The molecule has 4 heteroatoms. The van der Waals surface area contributed by atoms with E-state index in [-0.39, 0.29) is 47.3 Å². The highest BCUT2D eigenvalue weighted by atomic mass is 16.6. The number of carbonyl (C=O) groups is 3. The normalized spacial score (nSPS) is 52.1. The number of hydrogen-bond donors (Lipinski definition) is 0. The molecule has 3 fully saturated rings. The van der Waals surface area contributed by atoms with Crippen molar-refractivity contribution >= 4 is 17.7 Å². The van der Waals surface area contributed by atoms with Crippen molar-refractivity contribution < 1.29 is 19.1 Å². The minimum Gasteiger partial charge on any atom is -0.393 e. The molecule has 0 aromatic rings. The lowest BCUT2D eigenvalue weighted by Gasteiger charge is -2.53. The van der Waals surface area contributed by atoms with Crippen molar-refractivity contribution in [2.75, 3.05) is 0 Å². The van der Waals surface area contributed by atoms with Gasteiger partial charge in [-0.1, -0.05) is 12.2 Å². The van der Waals surface area contributed by atoms with Gasteiger partial charge in [0.1, 0.15) is 5.78 Å². The summed E-state index contributed by atoms with van der Waals surface area (Å²) in [4.78, 5) is 34.8.